The highest BCUT2D eigenvalue weighted by molar-refractivity contribution is 5.98. The molecule has 6 heteroatoms. The van der Waals surface area contributed by atoms with E-state index in [0.29, 0.717) is 6.41 Å². The van der Waals surface area contributed by atoms with Gasteiger partial charge in [0, 0.05) is 14.1 Å². The van der Waals surface area contributed by atoms with E-state index in [2.05, 4.69) is 4.98 Å². The molecule has 0 bridgehead atoms. The molecule has 0 aliphatic heterocycles. The molecule has 1 rings (SSSR count). The van der Waals surface area contributed by atoms with Crippen molar-refractivity contribution in [1.29, 1.82) is 0 Å². The summed E-state index contributed by atoms with van der Waals surface area (Å²) in [6.07, 6.45) is 1.99. The Morgan fingerprint density at radius 2 is 2.38 bits per heavy atom. The number of carbonyl (C=O) groups excluding carboxylic acids is 2. The van der Waals surface area contributed by atoms with Crippen molar-refractivity contribution in [3.05, 3.63) is 12.0 Å². The molecular weight excluding hydrogens is 172 g/mol. The molecule has 13 heavy (non-hydrogen) atoms. The van der Waals surface area contributed by atoms with Gasteiger partial charge in [-0.25, -0.2) is 4.98 Å². The molecule has 0 aliphatic carbocycles. The molecule has 0 saturated carbocycles. The van der Waals surface area contributed by atoms with Crippen LogP contribution >= 0.6 is 0 Å². The Kier molecular flexibility index (Phi) is 2.32. The van der Waals surface area contributed by atoms with Crippen LogP contribution in [0, 0.1) is 0 Å². The van der Waals surface area contributed by atoms with Crippen molar-refractivity contribution in [3.63, 3.8) is 0 Å². The first-order valence-electron chi connectivity index (χ1n) is 3.57. The first-order valence-corrected chi connectivity index (χ1v) is 3.57. The molecule has 0 fully saturated rings. The van der Waals surface area contributed by atoms with E-state index in [0.717, 1.165) is 0 Å². The lowest BCUT2D eigenvalue weighted by Crippen LogP contribution is -2.22. The number of aryl methyl sites for hydroxylation is 1. The standard InChI is InChI=1S/C7H10N4O2/c1-10-3-9-7(11(2)4-12)5(10)6(8)13/h3-4H,1-2H3,(H2,8,13). The Labute approximate surface area is 75.0 Å². The van der Waals surface area contributed by atoms with Crippen LogP contribution in [0.5, 0.6) is 0 Å². The van der Waals surface area contributed by atoms with E-state index in [1.54, 1.807) is 7.05 Å². The Hall–Kier alpha value is -1.85. The van der Waals surface area contributed by atoms with Gasteiger partial charge >= 0.3 is 0 Å². The monoisotopic (exact) mass is 182 g/mol. The minimum atomic E-state index is -0.608. The van der Waals surface area contributed by atoms with Gasteiger partial charge in [-0.15, -0.1) is 0 Å². The number of anilines is 1. The maximum absolute atomic E-state index is 10.9. The molecule has 0 aliphatic rings. The second-order valence-corrected chi connectivity index (χ2v) is 2.61. The van der Waals surface area contributed by atoms with Crippen LogP contribution in [0.25, 0.3) is 0 Å². The van der Waals surface area contributed by atoms with Crippen molar-refractivity contribution >= 4 is 18.1 Å². The fourth-order valence-electron chi connectivity index (χ4n) is 1.01. The van der Waals surface area contributed by atoms with E-state index in [9.17, 15) is 9.59 Å². The van der Waals surface area contributed by atoms with Gasteiger partial charge in [0.2, 0.25) is 6.41 Å². The van der Waals surface area contributed by atoms with Gasteiger partial charge in [0.15, 0.2) is 11.5 Å². The van der Waals surface area contributed by atoms with Crippen molar-refractivity contribution in [2.45, 2.75) is 0 Å². The van der Waals surface area contributed by atoms with E-state index >= 15 is 0 Å². The zero-order valence-electron chi connectivity index (χ0n) is 7.39. The van der Waals surface area contributed by atoms with Crippen molar-refractivity contribution < 1.29 is 9.59 Å². The second kappa shape index (κ2) is 3.26. The van der Waals surface area contributed by atoms with Crippen molar-refractivity contribution in [2.75, 3.05) is 11.9 Å². The Bertz CT molecular complexity index is 344. The molecule has 6 nitrogen and oxygen atoms in total. The van der Waals surface area contributed by atoms with Gasteiger partial charge in [0.25, 0.3) is 5.91 Å². The van der Waals surface area contributed by atoms with Crippen molar-refractivity contribution in [1.82, 2.24) is 9.55 Å². The summed E-state index contributed by atoms with van der Waals surface area (Å²) in [6, 6.07) is 0. The molecule has 0 spiro atoms. The number of aromatic nitrogens is 2. The van der Waals surface area contributed by atoms with Gasteiger partial charge in [0.1, 0.15) is 0 Å². The molecule has 1 aromatic rings. The van der Waals surface area contributed by atoms with Crippen LogP contribution in [0.15, 0.2) is 6.33 Å². The van der Waals surface area contributed by atoms with Crippen LogP contribution in [0.2, 0.25) is 0 Å². The highest BCUT2D eigenvalue weighted by atomic mass is 16.1. The van der Waals surface area contributed by atoms with Crippen LogP contribution in [0.3, 0.4) is 0 Å². The highest BCUT2D eigenvalue weighted by Gasteiger charge is 2.16. The van der Waals surface area contributed by atoms with E-state index in [4.69, 9.17) is 5.73 Å². The largest absolute Gasteiger partial charge is 0.364 e. The van der Waals surface area contributed by atoms with E-state index in [-0.39, 0.29) is 11.5 Å². The Balaban J connectivity index is 3.22. The third kappa shape index (κ3) is 1.51. The first-order chi connectivity index (χ1) is 6.07. The third-order valence-corrected chi connectivity index (χ3v) is 1.64. The maximum Gasteiger partial charge on any atom is 0.269 e. The highest BCUT2D eigenvalue weighted by Crippen LogP contribution is 2.14. The fraction of sp³-hybridized carbons (Fsp3) is 0.286. The molecule has 1 heterocycles. The number of nitrogens with two attached hydrogens (primary N) is 1. The number of rotatable bonds is 3. The summed E-state index contributed by atoms with van der Waals surface area (Å²) in [6.45, 7) is 0. The van der Waals surface area contributed by atoms with Gasteiger partial charge in [-0.05, 0) is 0 Å². The molecule has 1 aromatic heterocycles. The van der Waals surface area contributed by atoms with Crippen LogP contribution in [-0.2, 0) is 11.8 Å². The van der Waals surface area contributed by atoms with Crippen LogP contribution in [0.4, 0.5) is 5.82 Å². The maximum atomic E-state index is 10.9. The first kappa shape index (κ1) is 9.24. The van der Waals surface area contributed by atoms with Crippen LogP contribution < -0.4 is 10.6 Å². The Morgan fingerprint density at radius 3 is 2.85 bits per heavy atom. The summed E-state index contributed by atoms with van der Waals surface area (Å²) < 4.78 is 1.47. The summed E-state index contributed by atoms with van der Waals surface area (Å²) in [5, 5.41) is 0. The molecule has 0 radical (unpaired) electrons. The van der Waals surface area contributed by atoms with Crippen LogP contribution in [-0.4, -0.2) is 28.9 Å². The molecule has 2 N–H and O–H groups in total. The lowest BCUT2D eigenvalue weighted by molar-refractivity contribution is -0.107. The Morgan fingerprint density at radius 1 is 1.77 bits per heavy atom. The predicted molar refractivity (Wildman–Crippen MR) is 46.2 cm³/mol. The van der Waals surface area contributed by atoms with Crippen molar-refractivity contribution in [2.24, 2.45) is 12.8 Å². The molecule has 0 unspecified atom stereocenters. The summed E-state index contributed by atoms with van der Waals surface area (Å²) in [4.78, 5) is 26.4. The molecule has 0 atom stereocenters. The predicted octanol–water partition coefficient (Wildman–Crippen LogP) is -0.888. The zero-order chi connectivity index (χ0) is 10.0. The van der Waals surface area contributed by atoms with Crippen molar-refractivity contribution in [3.8, 4) is 0 Å². The van der Waals surface area contributed by atoms with Crippen LogP contribution in [0.1, 0.15) is 10.5 Å². The third-order valence-electron chi connectivity index (χ3n) is 1.64. The van der Waals surface area contributed by atoms with E-state index in [1.807, 2.05) is 0 Å². The topological polar surface area (TPSA) is 81.2 Å². The van der Waals surface area contributed by atoms with E-state index < -0.39 is 5.91 Å². The fourth-order valence-corrected chi connectivity index (χ4v) is 1.01. The summed E-state index contributed by atoms with van der Waals surface area (Å²) in [5.41, 5.74) is 5.33. The number of carbonyl (C=O) groups is 2. The summed E-state index contributed by atoms with van der Waals surface area (Å²) in [5.74, 6) is -0.339. The number of imidazole rings is 1. The molecule has 0 aromatic carbocycles. The van der Waals surface area contributed by atoms with Gasteiger partial charge in [-0.1, -0.05) is 0 Å². The molecule has 0 saturated heterocycles. The molecule has 2 amide bonds. The zero-order valence-corrected chi connectivity index (χ0v) is 7.39. The molecule has 70 valence electrons. The van der Waals surface area contributed by atoms with Gasteiger partial charge in [-0.3, -0.25) is 9.59 Å². The average Bonchev–Trinajstić information content (AvgIpc) is 2.45. The number of hydrogen-bond donors (Lipinski definition) is 1. The lowest BCUT2D eigenvalue weighted by atomic mass is 10.4. The normalized spacial score (nSPS) is 9.69. The average molecular weight is 182 g/mol. The summed E-state index contributed by atoms with van der Waals surface area (Å²) >= 11 is 0. The second-order valence-electron chi connectivity index (χ2n) is 2.61. The van der Waals surface area contributed by atoms with Gasteiger partial charge < -0.3 is 15.2 Å². The number of primary amides is 1. The quantitative estimate of drug-likeness (QED) is 0.616. The SMILES string of the molecule is CN(C=O)c1ncn(C)c1C(N)=O. The van der Waals surface area contributed by atoms with Gasteiger partial charge in [-0.2, -0.15) is 0 Å². The minimum absolute atomic E-state index is 0.217. The summed E-state index contributed by atoms with van der Waals surface area (Å²) in [7, 11) is 3.14. The smallest absolute Gasteiger partial charge is 0.269 e. The van der Waals surface area contributed by atoms with E-state index in [1.165, 1.54) is 22.8 Å². The number of nitrogens with zero attached hydrogens (tertiary/aromatic N) is 3. The van der Waals surface area contributed by atoms with Gasteiger partial charge in [0.05, 0.1) is 6.33 Å². The number of amides is 2. The minimum Gasteiger partial charge on any atom is -0.364 e. The number of hydrogen-bond acceptors (Lipinski definition) is 3. The lowest BCUT2D eigenvalue weighted by Gasteiger charge is -2.08. The molecular formula is C7H10N4O2.